The number of H-pyrrole nitrogens is 3. The molecule has 9 atom stereocenters. The molecule has 0 radical (unpaired) electrons. The van der Waals surface area contributed by atoms with Crippen molar-refractivity contribution in [2.45, 2.75) is 152 Å². The number of hydrogen-bond acceptors (Lipinski definition) is 15. The lowest BCUT2D eigenvalue weighted by molar-refractivity contribution is -0.142. The quantitative estimate of drug-likeness (QED) is 0.0140. The van der Waals surface area contributed by atoms with Gasteiger partial charge in [0.05, 0.1) is 30.8 Å². The summed E-state index contributed by atoms with van der Waals surface area (Å²) in [6.07, 6.45) is 6.93. The second-order valence-electron chi connectivity index (χ2n) is 24.5. The second-order valence-corrected chi connectivity index (χ2v) is 24.5. The van der Waals surface area contributed by atoms with E-state index in [4.69, 9.17) is 15.9 Å². The second kappa shape index (κ2) is 33.0. The van der Waals surface area contributed by atoms with Crippen LogP contribution in [-0.2, 0) is 78.4 Å². The molecule has 2 fully saturated rings. The Morgan fingerprint density at radius 1 is 0.674 bits per heavy atom. The van der Waals surface area contributed by atoms with E-state index in [2.05, 4.69) is 73.1 Å². The number of ether oxygens (including phenoxy) is 1. The molecule has 0 bridgehead atoms. The summed E-state index contributed by atoms with van der Waals surface area (Å²) in [7, 11) is 0. The number of nitrogens with zero attached hydrogens (tertiary/aromatic N) is 2. The average Bonchev–Trinajstić information content (AvgIpc) is 1.86. The van der Waals surface area contributed by atoms with Crippen LogP contribution in [0, 0.1) is 5.41 Å². The summed E-state index contributed by atoms with van der Waals surface area (Å²) in [6.45, 7) is 6.08. The lowest BCUT2D eigenvalue weighted by Gasteiger charge is -2.31. The van der Waals surface area contributed by atoms with E-state index >= 15 is 4.79 Å². The highest BCUT2D eigenvalue weighted by molar-refractivity contribution is 6.00. The van der Waals surface area contributed by atoms with Crippen molar-refractivity contribution < 1.29 is 62.9 Å². The van der Waals surface area contributed by atoms with Gasteiger partial charge in [-0.3, -0.25) is 53.4 Å². The fourth-order valence-corrected chi connectivity index (χ4v) is 11.4. The maximum atomic E-state index is 15.1. The third-order valence-electron chi connectivity index (χ3n) is 16.3. The number of rotatable bonds is 32. The number of nitrogens with two attached hydrogens (primary N) is 1. The minimum atomic E-state index is -1.80. The lowest BCUT2D eigenvalue weighted by Crippen LogP contribution is -2.62. The van der Waals surface area contributed by atoms with Crippen LogP contribution in [0.25, 0.3) is 21.8 Å². The van der Waals surface area contributed by atoms with Gasteiger partial charge in [-0.2, -0.15) is 0 Å². The normalized spacial score (nSPS) is 16.8. The number of likely N-dealkylation sites (N-methyl/N-ethyl adjacent to an activating group) is 1. The van der Waals surface area contributed by atoms with Crippen LogP contribution >= 0.6 is 0 Å². The molecule has 2 aliphatic rings. The van der Waals surface area contributed by atoms with E-state index in [-0.39, 0.29) is 88.0 Å². The third-order valence-corrected chi connectivity index (χ3v) is 16.3. The lowest BCUT2D eigenvalue weighted by atomic mass is 10.0. The average molecular weight is 1310 g/mol. The molecule has 3 aromatic carbocycles. The standard InChI is InChI=1S/C65H85N17O13/c1-5-69-62(93)53-17-11-25-82(53)63(94)46(16-10-24-70-64(66)67)75-57(88)48(27-37-30-71-43-14-8-6-12-41(37)43)78-61(92)52(34-95-65(2,3)4)81-56(87)47(26-36-18-20-40(84)21-19-36)76-60(91)51(33-83)80-58(89)49(28-38-31-72-44-15-9-7-13-42(38)44)77-59(90)50(29-39-32-68-35-73-39)79-55(86)45-22-23-54(85)74-45/h6-9,12-15,18-21,30-32,35,45-53,71-72,83-84H,5,10-11,16-17,22-29,33-34H2,1-4H3,(H,68,73)(H,69,93)(H,74,85)(H,75,88)(H,76,91)(H,77,90)(H,78,92)(H,79,86)(H,80,89)(H,81,87)(H4,66,67,70)/t45-,46-,47-,48-,49-,50-,51-,52+,53-/m0/s1. The summed E-state index contributed by atoms with van der Waals surface area (Å²) in [4.78, 5) is 157. The SMILES string of the molecule is CCNC(=O)[C@@H]1CCCN1C(=O)[C@H](CCCNC(=N)N)NC(=O)[C@H](Cc1c[nH]c2ccccc12)NC(=O)[C@@H](COC(C)(C)C)NC(=O)[C@H](Cc1ccc(O)cc1)NC(=O)[C@H](CO)NC(=O)[C@H](Cc1c[nH]c2ccccc12)NC(=O)[C@H](Cc1c[nH]cn1)NC(=O)[C@@H]1CCC(=O)N1. The van der Waals surface area contributed by atoms with Gasteiger partial charge in [-0.15, -0.1) is 0 Å². The van der Waals surface area contributed by atoms with E-state index in [9.17, 15) is 53.4 Å². The first-order valence-electron chi connectivity index (χ1n) is 31.7. The van der Waals surface area contributed by atoms with Crippen LogP contribution in [0.5, 0.6) is 5.75 Å². The Bertz CT molecular complexity index is 3700. The number of aromatic hydroxyl groups is 1. The molecule has 0 aliphatic carbocycles. The number of aromatic nitrogens is 4. The van der Waals surface area contributed by atoms with Crippen LogP contribution in [0.3, 0.4) is 0 Å². The molecule has 10 amide bonds. The number of fused-ring (bicyclic) bond motifs is 2. The molecular formula is C65H85N17O13. The Hall–Kier alpha value is -10.4. The molecule has 0 spiro atoms. The zero-order chi connectivity index (χ0) is 68.3. The first-order chi connectivity index (χ1) is 45.5. The minimum absolute atomic E-state index is 0.0328. The maximum Gasteiger partial charge on any atom is 0.245 e. The number of aromatic amines is 3. The number of nitrogens with one attached hydrogen (secondary N) is 14. The van der Waals surface area contributed by atoms with Crippen LogP contribution in [-0.4, -0.2) is 193 Å². The van der Waals surface area contributed by atoms with Gasteiger partial charge in [0.25, 0.3) is 0 Å². The van der Waals surface area contributed by atoms with Crippen LogP contribution in [0.2, 0.25) is 0 Å². The van der Waals surface area contributed by atoms with Crippen molar-refractivity contribution in [3.63, 3.8) is 0 Å². The number of benzene rings is 3. The summed E-state index contributed by atoms with van der Waals surface area (Å²) < 4.78 is 6.12. The first-order valence-corrected chi connectivity index (χ1v) is 31.7. The smallest absolute Gasteiger partial charge is 0.245 e. The number of aliphatic hydroxyl groups excluding tert-OH is 1. The largest absolute Gasteiger partial charge is 0.508 e. The molecule has 6 aromatic rings. The van der Waals surface area contributed by atoms with Crippen molar-refractivity contribution in [3.8, 4) is 5.75 Å². The zero-order valence-corrected chi connectivity index (χ0v) is 53.4. The number of amides is 10. The molecule has 508 valence electrons. The molecule has 95 heavy (non-hydrogen) atoms. The zero-order valence-electron chi connectivity index (χ0n) is 53.4. The van der Waals surface area contributed by atoms with Crippen LogP contribution in [0.1, 0.15) is 88.6 Å². The molecule has 18 N–H and O–H groups in total. The van der Waals surface area contributed by atoms with Gasteiger partial charge < -0.3 is 93.7 Å². The molecule has 5 heterocycles. The van der Waals surface area contributed by atoms with Gasteiger partial charge >= 0.3 is 0 Å². The molecule has 2 saturated heterocycles. The Morgan fingerprint density at radius 2 is 1.21 bits per heavy atom. The van der Waals surface area contributed by atoms with Crippen molar-refractivity contribution in [3.05, 3.63) is 120 Å². The topological polar surface area (TPSA) is 454 Å². The fraction of sp³-hybridized carbons (Fsp3) is 0.446. The van der Waals surface area contributed by atoms with Gasteiger partial charge in [-0.25, -0.2) is 4.98 Å². The maximum absolute atomic E-state index is 15.1. The van der Waals surface area contributed by atoms with Crippen LogP contribution in [0.15, 0.2) is 97.7 Å². The summed E-state index contributed by atoms with van der Waals surface area (Å²) in [6, 6.07) is 7.86. The Kier molecular flexibility index (Phi) is 24.5. The minimum Gasteiger partial charge on any atom is -0.508 e. The van der Waals surface area contributed by atoms with E-state index in [0.717, 1.165) is 10.9 Å². The predicted molar refractivity (Wildman–Crippen MR) is 348 cm³/mol. The van der Waals surface area contributed by atoms with Crippen molar-refractivity contribution >= 4 is 86.8 Å². The fourth-order valence-electron chi connectivity index (χ4n) is 11.4. The summed E-state index contributed by atoms with van der Waals surface area (Å²) in [5.41, 5.74) is 8.00. The highest BCUT2D eigenvalue weighted by Gasteiger charge is 2.40. The van der Waals surface area contributed by atoms with Crippen LogP contribution < -0.4 is 58.9 Å². The van der Waals surface area contributed by atoms with Crippen molar-refractivity contribution in [1.29, 1.82) is 5.41 Å². The molecule has 0 unspecified atom stereocenters. The van der Waals surface area contributed by atoms with Gasteiger partial charge in [0.2, 0.25) is 59.1 Å². The van der Waals surface area contributed by atoms with E-state index < -0.39 is 120 Å². The third kappa shape index (κ3) is 19.8. The molecule has 8 rings (SSSR count). The Balaban J connectivity index is 1.05. The number of guanidine groups is 1. The van der Waals surface area contributed by atoms with Gasteiger partial charge in [0, 0.05) is 92.1 Å². The Morgan fingerprint density at radius 3 is 1.75 bits per heavy atom. The van der Waals surface area contributed by atoms with E-state index in [1.165, 1.54) is 41.7 Å². The molecule has 0 saturated carbocycles. The molecule has 30 heteroatoms. The number of phenolic OH excluding ortho intramolecular Hbond substituents is 1. The summed E-state index contributed by atoms with van der Waals surface area (Å²) in [5, 5.41) is 57.1. The van der Waals surface area contributed by atoms with E-state index in [0.29, 0.717) is 52.7 Å². The van der Waals surface area contributed by atoms with Crippen molar-refractivity contribution in [2.75, 3.05) is 32.8 Å². The van der Waals surface area contributed by atoms with E-state index in [1.54, 1.807) is 70.4 Å². The van der Waals surface area contributed by atoms with Gasteiger partial charge in [0.15, 0.2) is 5.96 Å². The summed E-state index contributed by atoms with van der Waals surface area (Å²) in [5.74, 6) is -7.88. The highest BCUT2D eigenvalue weighted by Crippen LogP contribution is 2.24. The number of likely N-dealkylation sites (tertiary alicyclic amines) is 1. The molecule has 3 aromatic heterocycles. The van der Waals surface area contributed by atoms with E-state index in [1.807, 2.05) is 18.2 Å². The number of hydrogen-bond donors (Lipinski definition) is 17. The van der Waals surface area contributed by atoms with Crippen molar-refractivity contribution in [1.82, 2.24) is 78.0 Å². The summed E-state index contributed by atoms with van der Waals surface area (Å²) >= 11 is 0. The molecule has 30 nitrogen and oxygen atoms in total. The van der Waals surface area contributed by atoms with Gasteiger partial charge in [-0.05, 0) is 101 Å². The number of phenols is 1. The highest BCUT2D eigenvalue weighted by atomic mass is 16.5. The first kappa shape index (κ1) is 70.5. The van der Waals surface area contributed by atoms with Crippen LogP contribution in [0.4, 0.5) is 0 Å². The van der Waals surface area contributed by atoms with Gasteiger partial charge in [-0.1, -0.05) is 48.5 Å². The molecular weight excluding hydrogens is 1230 g/mol. The molecule has 2 aliphatic heterocycles. The Labute approximate surface area is 547 Å². The number of carbonyl (C=O) groups excluding carboxylic acids is 10. The number of para-hydroxylation sites is 2. The van der Waals surface area contributed by atoms with Gasteiger partial charge in [0.1, 0.15) is 60.1 Å². The number of carbonyl (C=O) groups is 10. The number of aliphatic hydroxyl groups is 1. The number of imidazole rings is 1. The predicted octanol–water partition coefficient (Wildman–Crippen LogP) is -0.782. The monoisotopic (exact) mass is 1310 g/mol. The van der Waals surface area contributed by atoms with Crippen molar-refractivity contribution in [2.24, 2.45) is 5.73 Å².